The van der Waals surface area contributed by atoms with E-state index >= 15 is 0 Å². The van der Waals surface area contributed by atoms with Gasteiger partial charge >= 0.3 is 0 Å². The molecule has 0 saturated carbocycles. The maximum Gasteiger partial charge on any atom is 0.278 e. The fourth-order valence-electron chi connectivity index (χ4n) is 1.55. The topological polar surface area (TPSA) is 34.9 Å². The number of aromatic nitrogens is 2. The van der Waals surface area contributed by atoms with Crippen molar-refractivity contribution in [1.29, 1.82) is 0 Å². The Balaban J connectivity index is 2.39. The number of hydrogen-bond donors (Lipinski definition) is 0. The molecule has 0 fully saturated rings. The monoisotopic (exact) mass is 326 g/mol. The van der Waals surface area contributed by atoms with E-state index in [-0.39, 0.29) is 5.91 Å². The van der Waals surface area contributed by atoms with E-state index in [1.54, 1.807) is 0 Å². The quantitative estimate of drug-likeness (QED) is 0.756. The van der Waals surface area contributed by atoms with Crippen LogP contribution in [-0.4, -0.2) is 15.7 Å². The Kier molecular flexibility index (Phi) is 3.09. The first-order chi connectivity index (χ1) is 7.58. The van der Waals surface area contributed by atoms with Gasteiger partial charge in [0.1, 0.15) is 0 Å². The van der Waals surface area contributed by atoms with Gasteiger partial charge in [0.05, 0.1) is 5.69 Å². The number of benzene rings is 1. The van der Waals surface area contributed by atoms with Crippen LogP contribution in [0.25, 0.3) is 0 Å². The molecule has 0 N–H and O–H groups in total. The third-order valence-corrected chi connectivity index (χ3v) is 3.01. The van der Waals surface area contributed by atoms with Gasteiger partial charge in [0.25, 0.3) is 5.91 Å². The Labute approximate surface area is 108 Å². The number of hydrogen-bond acceptors (Lipinski definition) is 2. The molecule has 0 aliphatic heterocycles. The second-order valence-corrected chi connectivity index (χ2v) is 4.90. The first-order valence-corrected chi connectivity index (χ1v) is 5.99. The van der Waals surface area contributed by atoms with E-state index in [0.29, 0.717) is 5.56 Å². The summed E-state index contributed by atoms with van der Waals surface area (Å²) in [7, 11) is 0. The zero-order valence-corrected chi connectivity index (χ0v) is 11.2. The Morgan fingerprint density at radius 3 is 2.38 bits per heavy atom. The van der Waals surface area contributed by atoms with Crippen LogP contribution in [0.3, 0.4) is 0 Å². The number of halogens is 1. The molecule has 0 amide bonds. The van der Waals surface area contributed by atoms with E-state index in [1.807, 2.05) is 44.2 Å². The molecule has 1 aromatic heterocycles. The van der Waals surface area contributed by atoms with Gasteiger partial charge in [-0.25, -0.2) is 4.68 Å². The second kappa shape index (κ2) is 4.37. The molecule has 82 valence electrons. The lowest BCUT2D eigenvalue weighted by Crippen LogP contribution is -2.15. The van der Waals surface area contributed by atoms with Crippen molar-refractivity contribution in [2.45, 2.75) is 13.8 Å². The van der Waals surface area contributed by atoms with Gasteiger partial charge in [0.2, 0.25) is 0 Å². The number of nitrogens with zero attached hydrogens (tertiary/aromatic N) is 2. The highest BCUT2D eigenvalue weighted by Crippen LogP contribution is 2.10. The molecule has 0 radical (unpaired) electrons. The summed E-state index contributed by atoms with van der Waals surface area (Å²) in [6.45, 7) is 3.76. The van der Waals surface area contributed by atoms with Crippen molar-refractivity contribution in [1.82, 2.24) is 9.78 Å². The molecule has 3 nitrogen and oxygen atoms in total. The summed E-state index contributed by atoms with van der Waals surface area (Å²) in [6, 6.07) is 9.37. The van der Waals surface area contributed by atoms with E-state index in [2.05, 4.69) is 27.7 Å². The van der Waals surface area contributed by atoms with Crippen LogP contribution in [0, 0.1) is 17.4 Å². The van der Waals surface area contributed by atoms with E-state index in [9.17, 15) is 4.79 Å². The molecule has 16 heavy (non-hydrogen) atoms. The lowest BCUT2D eigenvalue weighted by molar-refractivity contribution is 0.0942. The number of rotatable bonds is 1. The Hall–Kier alpha value is -1.17. The third kappa shape index (κ3) is 2.16. The van der Waals surface area contributed by atoms with Crippen molar-refractivity contribution in [2.24, 2.45) is 0 Å². The minimum Gasteiger partial charge on any atom is -0.267 e. The number of carbonyl (C=O) groups excluding carboxylic acids is 1. The average Bonchev–Trinajstić information content (AvgIpc) is 2.58. The van der Waals surface area contributed by atoms with Crippen LogP contribution in [0.15, 0.2) is 30.3 Å². The lowest BCUT2D eigenvalue weighted by Gasteiger charge is -2.02. The Morgan fingerprint density at radius 1 is 1.25 bits per heavy atom. The first kappa shape index (κ1) is 11.3. The van der Waals surface area contributed by atoms with E-state index < -0.39 is 0 Å². The number of aryl methyl sites for hydroxylation is 2. The summed E-state index contributed by atoms with van der Waals surface area (Å²) in [5.41, 5.74) is 2.38. The molecule has 0 aliphatic carbocycles. The highest BCUT2D eigenvalue weighted by atomic mass is 127. The Morgan fingerprint density at radius 2 is 1.88 bits per heavy atom. The maximum absolute atomic E-state index is 12.1. The average molecular weight is 326 g/mol. The molecule has 2 rings (SSSR count). The van der Waals surface area contributed by atoms with Gasteiger partial charge < -0.3 is 0 Å². The summed E-state index contributed by atoms with van der Waals surface area (Å²) in [5, 5.41) is 4.17. The predicted octanol–water partition coefficient (Wildman–Crippen LogP) is 2.79. The van der Waals surface area contributed by atoms with E-state index in [0.717, 1.165) is 15.0 Å². The zero-order valence-electron chi connectivity index (χ0n) is 9.07. The van der Waals surface area contributed by atoms with Crippen LogP contribution in [-0.2, 0) is 0 Å². The third-order valence-electron chi connectivity index (χ3n) is 2.29. The first-order valence-electron chi connectivity index (χ1n) is 4.91. The summed E-state index contributed by atoms with van der Waals surface area (Å²) in [4.78, 5) is 12.1. The van der Waals surface area contributed by atoms with Crippen LogP contribution in [0.1, 0.15) is 21.7 Å². The summed E-state index contributed by atoms with van der Waals surface area (Å²) in [5.74, 6) is -0.0815. The van der Waals surface area contributed by atoms with Crippen LogP contribution in [0.5, 0.6) is 0 Å². The fourth-order valence-corrected chi connectivity index (χ4v) is 1.91. The molecule has 2 aromatic rings. The van der Waals surface area contributed by atoms with E-state index in [4.69, 9.17) is 0 Å². The fraction of sp³-hybridized carbons (Fsp3) is 0.167. The van der Waals surface area contributed by atoms with Crippen molar-refractivity contribution in [2.75, 3.05) is 0 Å². The molecule has 0 unspecified atom stereocenters. The van der Waals surface area contributed by atoms with Gasteiger partial charge in [-0.15, -0.1) is 0 Å². The maximum atomic E-state index is 12.1. The highest BCUT2D eigenvalue weighted by molar-refractivity contribution is 14.1. The molecule has 0 spiro atoms. The van der Waals surface area contributed by atoms with Crippen LogP contribution >= 0.6 is 22.6 Å². The molecule has 1 aromatic carbocycles. The second-order valence-electron chi connectivity index (χ2n) is 3.65. The smallest absolute Gasteiger partial charge is 0.267 e. The predicted molar refractivity (Wildman–Crippen MR) is 70.6 cm³/mol. The minimum atomic E-state index is -0.0815. The summed E-state index contributed by atoms with van der Waals surface area (Å²) < 4.78 is 2.56. The molecule has 0 saturated heterocycles. The molecule has 0 atom stereocenters. The van der Waals surface area contributed by atoms with Crippen LogP contribution in [0.4, 0.5) is 0 Å². The molecule has 0 bridgehead atoms. The van der Waals surface area contributed by atoms with Crippen molar-refractivity contribution < 1.29 is 4.79 Å². The molecule has 1 heterocycles. The van der Waals surface area contributed by atoms with Crippen LogP contribution in [0.2, 0.25) is 0 Å². The minimum absolute atomic E-state index is 0.0815. The SMILES string of the molecule is Cc1cc(C)n(C(=O)c2ccc(I)cc2)n1. The summed E-state index contributed by atoms with van der Waals surface area (Å²) in [6.07, 6.45) is 0. The van der Waals surface area contributed by atoms with Gasteiger partial charge in [0.15, 0.2) is 0 Å². The lowest BCUT2D eigenvalue weighted by atomic mass is 10.2. The highest BCUT2D eigenvalue weighted by Gasteiger charge is 2.11. The van der Waals surface area contributed by atoms with Gasteiger partial charge in [-0.05, 0) is 66.8 Å². The van der Waals surface area contributed by atoms with Gasteiger partial charge in [-0.1, -0.05) is 0 Å². The van der Waals surface area contributed by atoms with Gasteiger partial charge in [-0.3, -0.25) is 4.79 Å². The van der Waals surface area contributed by atoms with Gasteiger partial charge in [-0.2, -0.15) is 5.10 Å². The zero-order chi connectivity index (χ0) is 11.7. The van der Waals surface area contributed by atoms with Crippen molar-refractivity contribution >= 4 is 28.5 Å². The molecule has 0 aliphatic rings. The standard InChI is InChI=1S/C12H11IN2O/c1-8-7-9(2)15(14-8)12(16)10-3-5-11(13)6-4-10/h3-7H,1-2H3. The molecular weight excluding hydrogens is 315 g/mol. The normalized spacial score (nSPS) is 10.4. The van der Waals surface area contributed by atoms with Crippen molar-refractivity contribution in [3.8, 4) is 0 Å². The number of carbonyl (C=O) groups is 1. The molecule has 4 heteroatoms. The summed E-state index contributed by atoms with van der Waals surface area (Å²) >= 11 is 2.21. The molecular formula is C12H11IN2O. The Bertz CT molecular complexity index is 528. The van der Waals surface area contributed by atoms with Crippen LogP contribution < -0.4 is 0 Å². The van der Waals surface area contributed by atoms with Crippen molar-refractivity contribution in [3.05, 3.63) is 50.9 Å². The largest absolute Gasteiger partial charge is 0.278 e. The van der Waals surface area contributed by atoms with E-state index in [1.165, 1.54) is 4.68 Å². The van der Waals surface area contributed by atoms with Gasteiger partial charge in [0, 0.05) is 14.8 Å². The van der Waals surface area contributed by atoms with Crippen molar-refractivity contribution in [3.63, 3.8) is 0 Å².